The summed E-state index contributed by atoms with van der Waals surface area (Å²) in [6.07, 6.45) is 3.68. The van der Waals surface area contributed by atoms with Gasteiger partial charge in [-0.15, -0.1) is 0 Å². The van der Waals surface area contributed by atoms with E-state index in [1.165, 1.54) is 0 Å². The summed E-state index contributed by atoms with van der Waals surface area (Å²) >= 11 is 0. The Morgan fingerprint density at radius 1 is 0.515 bits per heavy atom. The van der Waals surface area contributed by atoms with Crippen LogP contribution in [0.1, 0.15) is 0 Å². The first-order valence-electron chi connectivity index (χ1n) is 10.7. The third-order valence-electron chi connectivity index (χ3n) is 5.94. The standard InChI is InChI=1S/C28H17N3O2/c1-2-7-18(8-3-1)31(19-12-13-22-25(15-19)33-24-11-6-14-29-27(22)24)20-16-26-28(30-17-20)21-9-4-5-10-23(21)32-26/h1-17H. The molecule has 0 bridgehead atoms. The van der Waals surface area contributed by atoms with Crippen molar-refractivity contribution in [2.75, 3.05) is 4.90 Å². The lowest BCUT2D eigenvalue weighted by Gasteiger charge is -2.24. The second-order valence-electron chi connectivity index (χ2n) is 7.94. The van der Waals surface area contributed by atoms with Gasteiger partial charge in [0.25, 0.3) is 0 Å². The maximum atomic E-state index is 6.11. The zero-order chi connectivity index (χ0) is 21.8. The van der Waals surface area contributed by atoms with Crippen molar-refractivity contribution in [3.05, 3.63) is 103 Å². The predicted molar refractivity (Wildman–Crippen MR) is 131 cm³/mol. The summed E-state index contributed by atoms with van der Waals surface area (Å²) in [7, 11) is 0. The molecule has 0 saturated heterocycles. The number of pyridine rings is 2. The largest absolute Gasteiger partial charge is 0.454 e. The number of aromatic nitrogens is 2. The average molecular weight is 427 g/mol. The third kappa shape index (κ3) is 2.79. The summed E-state index contributed by atoms with van der Waals surface area (Å²) < 4.78 is 12.2. The van der Waals surface area contributed by atoms with Gasteiger partial charge in [0, 0.05) is 40.5 Å². The minimum Gasteiger partial charge on any atom is -0.454 e. The Hall–Kier alpha value is -4.64. The number of anilines is 3. The molecule has 0 aliphatic heterocycles. The maximum absolute atomic E-state index is 6.11. The molecule has 4 heterocycles. The van der Waals surface area contributed by atoms with Crippen molar-refractivity contribution in [1.82, 2.24) is 9.97 Å². The zero-order valence-corrected chi connectivity index (χ0v) is 17.5. The van der Waals surface area contributed by atoms with Crippen LogP contribution in [0.15, 0.2) is 112 Å². The molecule has 0 aliphatic carbocycles. The fourth-order valence-electron chi connectivity index (χ4n) is 4.45. The van der Waals surface area contributed by atoms with E-state index in [-0.39, 0.29) is 0 Å². The zero-order valence-electron chi connectivity index (χ0n) is 17.5. The number of fused-ring (bicyclic) bond motifs is 6. The summed E-state index contributed by atoms with van der Waals surface area (Å²) in [4.78, 5) is 11.4. The number of hydrogen-bond donors (Lipinski definition) is 0. The smallest absolute Gasteiger partial charge is 0.155 e. The van der Waals surface area contributed by atoms with Crippen LogP contribution < -0.4 is 4.90 Å². The molecule has 4 aromatic heterocycles. The second kappa shape index (κ2) is 6.93. The van der Waals surface area contributed by atoms with E-state index in [2.05, 4.69) is 34.1 Å². The first-order valence-corrected chi connectivity index (χ1v) is 10.7. The molecule has 156 valence electrons. The van der Waals surface area contributed by atoms with Crippen LogP contribution in [-0.2, 0) is 0 Å². The van der Waals surface area contributed by atoms with Gasteiger partial charge in [0.15, 0.2) is 11.2 Å². The predicted octanol–water partition coefficient (Wildman–Crippen LogP) is 7.75. The number of para-hydroxylation sites is 2. The third-order valence-corrected chi connectivity index (χ3v) is 5.94. The van der Waals surface area contributed by atoms with Crippen molar-refractivity contribution in [3.63, 3.8) is 0 Å². The van der Waals surface area contributed by atoms with E-state index in [0.29, 0.717) is 0 Å². The summed E-state index contributed by atoms with van der Waals surface area (Å²) in [6.45, 7) is 0. The van der Waals surface area contributed by atoms with E-state index in [4.69, 9.17) is 13.8 Å². The molecular formula is C28H17N3O2. The van der Waals surface area contributed by atoms with Crippen LogP contribution in [-0.4, -0.2) is 9.97 Å². The fourth-order valence-corrected chi connectivity index (χ4v) is 4.45. The lowest BCUT2D eigenvalue weighted by atomic mass is 10.1. The highest BCUT2D eigenvalue weighted by Gasteiger charge is 2.18. The van der Waals surface area contributed by atoms with E-state index in [1.807, 2.05) is 72.9 Å². The maximum Gasteiger partial charge on any atom is 0.155 e. The van der Waals surface area contributed by atoms with E-state index < -0.39 is 0 Å². The Morgan fingerprint density at radius 3 is 2.18 bits per heavy atom. The molecule has 0 fully saturated rings. The molecule has 0 radical (unpaired) electrons. The van der Waals surface area contributed by atoms with Crippen LogP contribution in [0.5, 0.6) is 0 Å². The Labute approximate surface area is 188 Å². The Balaban J connectivity index is 1.45. The van der Waals surface area contributed by atoms with Crippen LogP contribution in [0, 0.1) is 0 Å². The van der Waals surface area contributed by atoms with Crippen molar-refractivity contribution in [2.24, 2.45) is 0 Å². The van der Waals surface area contributed by atoms with Gasteiger partial charge in [-0.1, -0.05) is 30.3 Å². The van der Waals surface area contributed by atoms with E-state index >= 15 is 0 Å². The van der Waals surface area contributed by atoms with Crippen molar-refractivity contribution in [1.29, 1.82) is 0 Å². The summed E-state index contributed by atoms with van der Waals surface area (Å²) in [5.41, 5.74) is 7.77. The van der Waals surface area contributed by atoms with Crippen molar-refractivity contribution in [3.8, 4) is 0 Å². The Morgan fingerprint density at radius 2 is 1.24 bits per heavy atom. The topological polar surface area (TPSA) is 55.3 Å². The molecule has 7 rings (SSSR count). The number of rotatable bonds is 3. The average Bonchev–Trinajstić information content (AvgIpc) is 3.42. The quantitative estimate of drug-likeness (QED) is 0.289. The van der Waals surface area contributed by atoms with E-state index in [9.17, 15) is 0 Å². The van der Waals surface area contributed by atoms with Crippen LogP contribution in [0.25, 0.3) is 44.1 Å². The van der Waals surface area contributed by atoms with Gasteiger partial charge < -0.3 is 13.7 Å². The van der Waals surface area contributed by atoms with Crippen LogP contribution in [0.2, 0.25) is 0 Å². The van der Waals surface area contributed by atoms with Gasteiger partial charge in [0.2, 0.25) is 0 Å². The highest BCUT2D eigenvalue weighted by Crippen LogP contribution is 2.39. The summed E-state index contributed by atoms with van der Waals surface area (Å²) in [5, 5.41) is 2.01. The molecule has 0 atom stereocenters. The lowest BCUT2D eigenvalue weighted by Crippen LogP contribution is -2.10. The van der Waals surface area contributed by atoms with Gasteiger partial charge >= 0.3 is 0 Å². The van der Waals surface area contributed by atoms with Gasteiger partial charge in [-0.25, -0.2) is 4.98 Å². The highest BCUT2D eigenvalue weighted by molar-refractivity contribution is 6.05. The highest BCUT2D eigenvalue weighted by atomic mass is 16.3. The second-order valence-corrected chi connectivity index (χ2v) is 7.94. The van der Waals surface area contributed by atoms with Gasteiger partial charge in [0.05, 0.1) is 11.9 Å². The molecule has 0 saturated carbocycles. The number of nitrogens with zero attached hydrogens (tertiary/aromatic N) is 3. The van der Waals surface area contributed by atoms with Crippen LogP contribution >= 0.6 is 0 Å². The minimum absolute atomic E-state index is 0.753. The van der Waals surface area contributed by atoms with Crippen molar-refractivity contribution < 1.29 is 8.83 Å². The molecule has 5 nitrogen and oxygen atoms in total. The van der Waals surface area contributed by atoms with Gasteiger partial charge in [0.1, 0.15) is 22.2 Å². The van der Waals surface area contributed by atoms with Gasteiger partial charge in [-0.2, -0.15) is 0 Å². The normalized spacial score (nSPS) is 11.6. The van der Waals surface area contributed by atoms with Crippen LogP contribution in [0.4, 0.5) is 17.1 Å². The minimum atomic E-state index is 0.753. The van der Waals surface area contributed by atoms with E-state index in [0.717, 1.165) is 61.2 Å². The molecule has 0 N–H and O–H groups in total. The first kappa shape index (κ1) is 18.0. The first-order chi connectivity index (χ1) is 16.3. The van der Waals surface area contributed by atoms with Gasteiger partial charge in [-0.3, -0.25) is 4.98 Å². The Bertz CT molecular complexity index is 1670. The van der Waals surface area contributed by atoms with Gasteiger partial charge in [-0.05, 0) is 48.5 Å². The number of furan rings is 2. The molecule has 0 aliphatic rings. The lowest BCUT2D eigenvalue weighted by molar-refractivity contribution is 0.668. The van der Waals surface area contributed by atoms with E-state index in [1.54, 1.807) is 6.20 Å². The molecular weight excluding hydrogens is 410 g/mol. The molecule has 7 aromatic rings. The molecule has 33 heavy (non-hydrogen) atoms. The van der Waals surface area contributed by atoms with Crippen molar-refractivity contribution >= 4 is 61.2 Å². The summed E-state index contributed by atoms with van der Waals surface area (Å²) in [5.74, 6) is 0. The Kier molecular flexibility index (Phi) is 3.78. The molecule has 0 spiro atoms. The number of benzene rings is 3. The van der Waals surface area contributed by atoms with Crippen LogP contribution in [0.3, 0.4) is 0 Å². The molecule has 5 heteroatoms. The number of hydrogen-bond acceptors (Lipinski definition) is 5. The molecule has 3 aromatic carbocycles. The molecule has 0 unspecified atom stereocenters. The summed E-state index contributed by atoms with van der Waals surface area (Å²) in [6, 6.07) is 30.3. The fraction of sp³-hybridized carbons (Fsp3) is 0. The SMILES string of the molecule is c1ccc(N(c2ccc3c(c2)oc2cccnc23)c2cnc3c(c2)oc2ccccc23)cc1. The molecule has 0 amide bonds. The van der Waals surface area contributed by atoms with Crippen molar-refractivity contribution in [2.45, 2.75) is 0 Å². The monoisotopic (exact) mass is 427 g/mol.